The molecule has 0 spiro atoms. The molecule has 7 heteroatoms. The number of benzene rings is 2. The maximum Gasteiger partial charge on any atom is 0.326 e. The van der Waals surface area contributed by atoms with Crippen LogP contribution in [0.25, 0.3) is 0 Å². The summed E-state index contributed by atoms with van der Waals surface area (Å²) in [5, 5.41) is 12.0. The lowest BCUT2D eigenvalue weighted by Gasteiger charge is -2.27. The van der Waals surface area contributed by atoms with E-state index in [1.807, 2.05) is 30.3 Å². The largest absolute Gasteiger partial charge is 0.480 e. The van der Waals surface area contributed by atoms with Gasteiger partial charge in [0, 0.05) is 23.6 Å². The van der Waals surface area contributed by atoms with Crippen molar-refractivity contribution in [1.29, 1.82) is 0 Å². The number of ketones is 1. The Labute approximate surface area is 189 Å². The molecular weight excluding hydrogens is 406 g/mol. The van der Waals surface area contributed by atoms with E-state index in [9.17, 15) is 19.5 Å². The Hall–Kier alpha value is -3.19. The number of nitrogens with two attached hydrogens (primary N) is 2. The third kappa shape index (κ3) is 8.15. The van der Waals surface area contributed by atoms with Crippen LogP contribution in [-0.4, -0.2) is 35.4 Å². The fourth-order valence-electron chi connectivity index (χ4n) is 3.72. The van der Waals surface area contributed by atoms with Gasteiger partial charge in [0.05, 0.1) is 0 Å². The van der Waals surface area contributed by atoms with Gasteiger partial charge in [-0.2, -0.15) is 0 Å². The summed E-state index contributed by atoms with van der Waals surface area (Å²) in [6, 6.07) is 15.4. The summed E-state index contributed by atoms with van der Waals surface area (Å²) in [4.78, 5) is 34.4. The van der Waals surface area contributed by atoms with Crippen LogP contribution in [0.4, 0.5) is 5.69 Å². The number of rotatable bonds is 7. The third-order valence-corrected chi connectivity index (χ3v) is 5.77. The van der Waals surface area contributed by atoms with Crippen molar-refractivity contribution >= 4 is 23.3 Å². The second kappa shape index (κ2) is 12.6. The van der Waals surface area contributed by atoms with Gasteiger partial charge >= 0.3 is 5.97 Å². The first-order chi connectivity index (χ1) is 15.3. The number of carbonyl (C=O) groups excluding carboxylic acids is 2. The van der Waals surface area contributed by atoms with Gasteiger partial charge in [-0.25, -0.2) is 4.79 Å². The predicted octanol–water partition coefficient (Wildman–Crippen LogP) is 3.04. The van der Waals surface area contributed by atoms with Gasteiger partial charge in [0.25, 0.3) is 0 Å². The highest BCUT2D eigenvalue weighted by Crippen LogP contribution is 2.28. The van der Waals surface area contributed by atoms with E-state index >= 15 is 0 Å². The van der Waals surface area contributed by atoms with Crippen molar-refractivity contribution in [2.75, 3.05) is 12.3 Å². The minimum absolute atomic E-state index is 0.0694. The van der Waals surface area contributed by atoms with E-state index in [2.05, 4.69) is 5.32 Å². The molecule has 7 nitrogen and oxygen atoms in total. The Morgan fingerprint density at radius 1 is 1.00 bits per heavy atom. The van der Waals surface area contributed by atoms with Crippen molar-refractivity contribution in [2.24, 2.45) is 17.6 Å². The fraction of sp³-hybridized carbons (Fsp3) is 0.400. The Morgan fingerprint density at radius 3 is 2.09 bits per heavy atom. The highest BCUT2D eigenvalue weighted by molar-refractivity contribution is 5.94. The third-order valence-electron chi connectivity index (χ3n) is 5.77. The summed E-state index contributed by atoms with van der Waals surface area (Å²) in [6.07, 6.45) is 3.80. The Morgan fingerprint density at radius 2 is 1.59 bits per heavy atom. The topological polar surface area (TPSA) is 136 Å². The van der Waals surface area contributed by atoms with Crippen molar-refractivity contribution in [3.05, 3.63) is 65.7 Å². The number of carboxylic acid groups (broad SMARTS) is 1. The lowest BCUT2D eigenvalue weighted by molar-refractivity contribution is -0.142. The Kier molecular flexibility index (Phi) is 9.88. The molecule has 0 radical (unpaired) electrons. The van der Waals surface area contributed by atoms with E-state index < -0.39 is 12.0 Å². The monoisotopic (exact) mass is 439 g/mol. The fourth-order valence-corrected chi connectivity index (χ4v) is 3.72. The van der Waals surface area contributed by atoms with Crippen molar-refractivity contribution < 1.29 is 19.5 Å². The van der Waals surface area contributed by atoms with Crippen LogP contribution in [-0.2, 0) is 16.0 Å². The quantitative estimate of drug-likeness (QED) is 0.387. The Balaban J connectivity index is 0.000000303. The number of amides is 1. The molecule has 1 aliphatic carbocycles. The molecule has 1 saturated carbocycles. The molecule has 2 aromatic rings. The zero-order valence-electron chi connectivity index (χ0n) is 18.5. The van der Waals surface area contributed by atoms with Gasteiger partial charge in [-0.1, -0.05) is 30.3 Å². The molecule has 0 aliphatic heterocycles. The minimum Gasteiger partial charge on any atom is -0.480 e. The number of nitrogens with one attached hydrogen (secondary N) is 1. The molecule has 0 heterocycles. The molecule has 0 bridgehead atoms. The molecule has 0 aromatic heterocycles. The maximum atomic E-state index is 12.3. The zero-order valence-corrected chi connectivity index (χ0v) is 18.5. The molecule has 1 amide bonds. The summed E-state index contributed by atoms with van der Waals surface area (Å²) < 4.78 is 0. The summed E-state index contributed by atoms with van der Waals surface area (Å²) in [5.41, 5.74) is 13.4. The van der Waals surface area contributed by atoms with Gasteiger partial charge in [0.1, 0.15) is 6.04 Å². The van der Waals surface area contributed by atoms with E-state index in [1.165, 1.54) is 6.92 Å². The highest BCUT2D eigenvalue weighted by Gasteiger charge is 2.29. The molecular formula is C25H33N3O4. The lowest BCUT2D eigenvalue weighted by Crippen LogP contribution is -2.45. The average Bonchev–Trinajstić information content (AvgIpc) is 2.80. The molecule has 172 valence electrons. The van der Waals surface area contributed by atoms with Gasteiger partial charge in [0.2, 0.25) is 5.91 Å². The van der Waals surface area contributed by atoms with Crippen molar-refractivity contribution in [3.8, 4) is 0 Å². The van der Waals surface area contributed by atoms with Crippen molar-refractivity contribution in [1.82, 2.24) is 5.32 Å². The predicted molar refractivity (Wildman–Crippen MR) is 125 cm³/mol. The van der Waals surface area contributed by atoms with Crippen molar-refractivity contribution in [2.45, 2.75) is 45.1 Å². The second-order valence-electron chi connectivity index (χ2n) is 8.22. The SMILES string of the molecule is CC(=O)c1ccc(N)cc1.NC[C@H]1CC[C@H](C(=O)N[C@@H](Cc2ccccc2)C(=O)O)CC1. The first kappa shape index (κ1) is 25.1. The van der Waals surface area contributed by atoms with Gasteiger partial charge in [-0.05, 0) is 74.9 Å². The number of anilines is 1. The van der Waals surface area contributed by atoms with Crippen LogP contribution >= 0.6 is 0 Å². The molecule has 2 aromatic carbocycles. The van der Waals surface area contributed by atoms with E-state index in [0.29, 0.717) is 30.1 Å². The Bertz CT molecular complexity index is 876. The second-order valence-corrected chi connectivity index (χ2v) is 8.22. The van der Waals surface area contributed by atoms with Crippen molar-refractivity contribution in [3.63, 3.8) is 0 Å². The number of carboxylic acids is 1. The number of Topliss-reactive ketones (excluding diaryl/α,β-unsaturated/α-hetero) is 1. The molecule has 32 heavy (non-hydrogen) atoms. The maximum absolute atomic E-state index is 12.3. The highest BCUT2D eigenvalue weighted by atomic mass is 16.4. The normalized spacial score (nSPS) is 18.6. The average molecular weight is 440 g/mol. The molecule has 3 rings (SSSR count). The first-order valence-corrected chi connectivity index (χ1v) is 10.9. The molecule has 1 fully saturated rings. The first-order valence-electron chi connectivity index (χ1n) is 10.9. The number of aliphatic carboxylic acids is 1. The van der Waals surface area contributed by atoms with E-state index in [4.69, 9.17) is 11.5 Å². The van der Waals surface area contributed by atoms with E-state index in [0.717, 1.165) is 31.2 Å². The van der Waals surface area contributed by atoms with Gasteiger partial charge in [-0.15, -0.1) is 0 Å². The molecule has 6 N–H and O–H groups in total. The summed E-state index contributed by atoms with van der Waals surface area (Å²) in [6.45, 7) is 2.20. The standard InChI is InChI=1S/C17H24N2O3.C8H9NO/c18-11-13-6-8-14(9-7-13)16(20)19-15(17(21)22)10-12-4-2-1-3-5-12;1-6(10)7-2-4-8(9)5-3-7/h1-5,13-15H,6-11,18H2,(H,19,20)(H,21,22);2-5H,9H2,1H3/t13-,14-,15-;/m0./s1. The number of nitrogen functional groups attached to an aromatic ring is 1. The minimum atomic E-state index is -0.993. The van der Waals surface area contributed by atoms with Gasteiger partial charge in [0.15, 0.2) is 5.78 Å². The van der Waals surface area contributed by atoms with E-state index in [1.54, 1.807) is 24.3 Å². The summed E-state index contributed by atoms with van der Waals surface area (Å²) in [5.74, 6) is -0.643. The van der Waals surface area contributed by atoms with Crippen LogP contribution in [0.15, 0.2) is 54.6 Å². The van der Waals surface area contributed by atoms with Crippen LogP contribution in [0.3, 0.4) is 0 Å². The van der Waals surface area contributed by atoms with Crippen LogP contribution in [0, 0.1) is 11.8 Å². The van der Waals surface area contributed by atoms with Crippen LogP contribution in [0.2, 0.25) is 0 Å². The molecule has 0 unspecified atom stereocenters. The van der Waals surface area contributed by atoms with Gasteiger partial charge in [-0.3, -0.25) is 9.59 Å². The summed E-state index contributed by atoms with van der Waals surface area (Å²) in [7, 11) is 0. The zero-order chi connectivity index (χ0) is 23.5. The molecule has 1 aliphatic rings. The molecule has 1 atom stereocenters. The number of hydrogen-bond donors (Lipinski definition) is 4. The van der Waals surface area contributed by atoms with Gasteiger partial charge < -0.3 is 21.9 Å². The van der Waals surface area contributed by atoms with Crippen LogP contribution in [0.1, 0.15) is 48.5 Å². The van der Waals surface area contributed by atoms with Crippen LogP contribution < -0.4 is 16.8 Å². The molecule has 0 saturated heterocycles. The number of hydrogen-bond acceptors (Lipinski definition) is 5. The summed E-state index contributed by atoms with van der Waals surface area (Å²) >= 11 is 0. The van der Waals surface area contributed by atoms with Crippen LogP contribution in [0.5, 0.6) is 0 Å². The lowest BCUT2D eigenvalue weighted by atomic mass is 9.81. The number of carbonyl (C=O) groups is 3. The van der Waals surface area contributed by atoms with E-state index in [-0.39, 0.29) is 17.6 Å². The smallest absolute Gasteiger partial charge is 0.326 e.